The van der Waals surface area contributed by atoms with Crippen LogP contribution in [0.5, 0.6) is 5.75 Å². The van der Waals surface area contributed by atoms with E-state index in [0.29, 0.717) is 17.0 Å². The number of ether oxygens (including phenoxy) is 1. The van der Waals surface area contributed by atoms with Crippen molar-refractivity contribution in [2.24, 2.45) is 5.41 Å². The molecule has 1 amide bonds. The number of aromatic nitrogens is 2. The fourth-order valence-electron chi connectivity index (χ4n) is 3.75. The Morgan fingerprint density at radius 3 is 2.46 bits per heavy atom. The van der Waals surface area contributed by atoms with Crippen LogP contribution >= 0.6 is 0 Å². The van der Waals surface area contributed by atoms with Gasteiger partial charge in [0.2, 0.25) is 11.6 Å². The number of rotatable bonds is 8. The first kappa shape index (κ1) is 24.3. The topological polar surface area (TPSA) is 76.4 Å². The van der Waals surface area contributed by atoms with Gasteiger partial charge in [-0.2, -0.15) is 5.10 Å². The molecule has 4 rings (SSSR count). The van der Waals surface area contributed by atoms with E-state index in [2.05, 4.69) is 10.4 Å². The monoisotopic (exact) mass is 479 g/mol. The molecule has 0 saturated carbocycles. The van der Waals surface area contributed by atoms with E-state index >= 15 is 0 Å². The number of hydrogen-bond donors (Lipinski definition) is 2. The van der Waals surface area contributed by atoms with E-state index in [1.165, 1.54) is 24.3 Å². The molecule has 1 atom stereocenters. The first-order valence-corrected chi connectivity index (χ1v) is 11.3. The molecule has 0 saturated heterocycles. The van der Waals surface area contributed by atoms with Crippen LogP contribution in [-0.2, 0) is 10.5 Å². The van der Waals surface area contributed by atoms with Crippen molar-refractivity contribution in [1.29, 1.82) is 0 Å². The molecule has 2 N–H and O–H groups in total. The summed E-state index contributed by atoms with van der Waals surface area (Å²) in [4.78, 5) is 13.0. The van der Waals surface area contributed by atoms with Crippen LogP contribution in [0.1, 0.15) is 32.8 Å². The maximum absolute atomic E-state index is 14.2. The molecule has 1 aromatic heterocycles. The molecule has 6 nitrogen and oxygen atoms in total. The molecular formula is C27H27F2N3O3. The number of hydrogen-bond acceptors (Lipinski definition) is 4. The first-order valence-electron chi connectivity index (χ1n) is 11.3. The van der Waals surface area contributed by atoms with Crippen LogP contribution in [0.3, 0.4) is 0 Å². The van der Waals surface area contributed by atoms with E-state index in [0.717, 1.165) is 10.9 Å². The molecule has 8 heteroatoms. The van der Waals surface area contributed by atoms with Crippen LogP contribution in [0.15, 0.2) is 72.9 Å². The third-order valence-corrected chi connectivity index (χ3v) is 6.02. The number of amides is 1. The van der Waals surface area contributed by atoms with Crippen molar-refractivity contribution in [2.45, 2.75) is 32.9 Å². The quantitative estimate of drug-likeness (QED) is 0.346. The maximum Gasteiger partial charge on any atom is 0.231 e. The molecule has 0 fully saturated rings. The SMILES string of the molecule is CCC(NC(=O)C(C)(C)CO)(Oc1ccc2c(cnn2-c2ccc(F)cc2)c1)c1cccc(F)c1. The Bertz CT molecular complexity index is 1350. The number of carbonyl (C=O) groups excluding carboxylic acids is 1. The lowest BCUT2D eigenvalue weighted by Crippen LogP contribution is -2.54. The molecule has 1 heterocycles. The Morgan fingerprint density at radius 1 is 1.06 bits per heavy atom. The second-order valence-electron chi connectivity index (χ2n) is 9.04. The molecule has 0 radical (unpaired) electrons. The number of nitrogens with one attached hydrogen (secondary N) is 1. The van der Waals surface area contributed by atoms with E-state index < -0.39 is 22.9 Å². The third-order valence-electron chi connectivity index (χ3n) is 6.02. The maximum atomic E-state index is 14.2. The van der Waals surface area contributed by atoms with Gasteiger partial charge in [0.15, 0.2) is 0 Å². The lowest BCUT2D eigenvalue weighted by molar-refractivity contribution is -0.138. The van der Waals surface area contributed by atoms with E-state index in [1.54, 1.807) is 61.1 Å². The predicted molar refractivity (Wildman–Crippen MR) is 129 cm³/mol. The summed E-state index contributed by atoms with van der Waals surface area (Å²) in [6, 6.07) is 17.2. The minimum absolute atomic E-state index is 0.288. The minimum Gasteiger partial charge on any atom is -0.464 e. The number of halogens is 2. The van der Waals surface area contributed by atoms with Gasteiger partial charge in [0.25, 0.3) is 0 Å². The first-order chi connectivity index (χ1) is 16.7. The lowest BCUT2D eigenvalue weighted by Gasteiger charge is -2.37. The van der Waals surface area contributed by atoms with Crippen LogP contribution in [0.4, 0.5) is 8.78 Å². The van der Waals surface area contributed by atoms with E-state index in [-0.39, 0.29) is 18.8 Å². The molecule has 0 spiro atoms. The predicted octanol–water partition coefficient (Wildman–Crippen LogP) is 5.08. The Morgan fingerprint density at radius 2 is 1.80 bits per heavy atom. The van der Waals surface area contributed by atoms with Gasteiger partial charge in [-0.3, -0.25) is 4.79 Å². The molecule has 182 valence electrons. The summed E-state index contributed by atoms with van der Waals surface area (Å²) in [6.07, 6.45) is 1.95. The summed E-state index contributed by atoms with van der Waals surface area (Å²) in [7, 11) is 0. The highest BCUT2D eigenvalue weighted by molar-refractivity contribution is 5.83. The number of nitrogens with zero attached hydrogens (tertiary/aromatic N) is 2. The normalized spacial score (nSPS) is 13.4. The molecule has 3 aromatic carbocycles. The zero-order chi connectivity index (χ0) is 25.2. The number of aliphatic hydroxyl groups is 1. The second kappa shape index (κ2) is 9.46. The van der Waals surface area contributed by atoms with Crippen LogP contribution in [0, 0.1) is 17.0 Å². The van der Waals surface area contributed by atoms with Crippen molar-refractivity contribution in [3.63, 3.8) is 0 Å². The van der Waals surface area contributed by atoms with Gasteiger partial charge in [-0.05, 0) is 68.4 Å². The van der Waals surface area contributed by atoms with E-state index in [1.807, 2.05) is 13.0 Å². The summed E-state index contributed by atoms with van der Waals surface area (Å²) in [5.74, 6) is -0.795. The highest BCUT2D eigenvalue weighted by Gasteiger charge is 2.39. The summed E-state index contributed by atoms with van der Waals surface area (Å²) in [5, 5.41) is 17.7. The summed E-state index contributed by atoms with van der Waals surface area (Å²) >= 11 is 0. The highest BCUT2D eigenvalue weighted by Crippen LogP contribution is 2.33. The van der Waals surface area contributed by atoms with Crippen LogP contribution in [0.25, 0.3) is 16.6 Å². The van der Waals surface area contributed by atoms with Gasteiger partial charge in [-0.1, -0.05) is 19.1 Å². The van der Waals surface area contributed by atoms with Gasteiger partial charge in [0.1, 0.15) is 17.4 Å². The molecule has 0 aliphatic carbocycles. The number of aliphatic hydroxyl groups excluding tert-OH is 1. The van der Waals surface area contributed by atoms with Crippen LogP contribution in [-0.4, -0.2) is 27.4 Å². The van der Waals surface area contributed by atoms with Gasteiger partial charge in [-0.15, -0.1) is 0 Å². The molecule has 35 heavy (non-hydrogen) atoms. The fraction of sp³-hybridized carbons (Fsp3) is 0.259. The summed E-state index contributed by atoms with van der Waals surface area (Å²) in [6.45, 7) is 4.69. The lowest BCUT2D eigenvalue weighted by atomic mass is 9.91. The minimum atomic E-state index is -1.38. The Labute approximate surface area is 202 Å². The van der Waals surface area contributed by atoms with Gasteiger partial charge < -0.3 is 15.2 Å². The molecule has 0 bridgehead atoms. The van der Waals surface area contributed by atoms with Gasteiger partial charge in [0, 0.05) is 17.4 Å². The zero-order valence-electron chi connectivity index (χ0n) is 19.8. The average Bonchev–Trinajstić information content (AvgIpc) is 3.27. The Hall–Kier alpha value is -3.78. The second-order valence-corrected chi connectivity index (χ2v) is 9.04. The van der Waals surface area contributed by atoms with Gasteiger partial charge in [0.05, 0.1) is 29.4 Å². The summed E-state index contributed by atoms with van der Waals surface area (Å²) in [5.41, 5.74) is -0.536. The van der Waals surface area contributed by atoms with Gasteiger partial charge >= 0.3 is 0 Å². The number of carbonyl (C=O) groups is 1. The van der Waals surface area contributed by atoms with Crippen molar-refractivity contribution >= 4 is 16.8 Å². The van der Waals surface area contributed by atoms with Crippen molar-refractivity contribution in [2.75, 3.05) is 6.61 Å². The van der Waals surface area contributed by atoms with Crippen molar-refractivity contribution in [1.82, 2.24) is 15.1 Å². The number of fused-ring (bicyclic) bond motifs is 1. The van der Waals surface area contributed by atoms with Gasteiger partial charge in [-0.25, -0.2) is 13.5 Å². The molecular weight excluding hydrogens is 452 g/mol. The zero-order valence-corrected chi connectivity index (χ0v) is 19.8. The van der Waals surface area contributed by atoms with Crippen LogP contribution in [0.2, 0.25) is 0 Å². The smallest absolute Gasteiger partial charge is 0.231 e. The number of benzene rings is 3. The third kappa shape index (κ3) is 4.88. The average molecular weight is 480 g/mol. The van der Waals surface area contributed by atoms with Crippen molar-refractivity contribution in [3.8, 4) is 11.4 Å². The van der Waals surface area contributed by atoms with Crippen molar-refractivity contribution < 1.29 is 23.4 Å². The van der Waals surface area contributed by atoms with E-state index in [4.69, 9.17) is 4.74 Å². The Kier molecular flexibility index (Phi) is 6.58. The van der Waals surface area contributed by atoms with Crippen molar-refractivity contribution in [3.05, 3.63) is 90.1 Å². The molecule has 1 unspecified atom stereocenters. The molecule has 0 aliphatic heterocycles. The highest BCUT2D eigenvalue weighted by atomic mass is 19.1. The molecule has 4 aromatic rings. The standard InChI is InChI=1S/C27H27F2N3O3/c1-4-27(19-6-5-7-21(29)15-19,31-25(34)26(2,3)17-33)35-23-12-13-24-18(14-23)16-30-32(24)22-10-8-20(28)9-11-22/h5-16,33H,4,17H2,1-3H3,(H,31,34). The molecule has 0 aliphatic rings. The van der Waals surface area contributed by atoms with E-state index in [9.17, 15) is 18.7 Å². The van der Waals surface area contributed by atoms with Crippen LogP contribution < -0.4 is 10.1 Å². The summed E-state index contributed by atoms with van der Waals surface area (Å²) < 4.78 is 35.5. The Balaban J connectivity index is 1.74. The largest absolute Gasteiger partial charge is 0.464 e. The fourth-order valence-corrected chi connectivity index (χ4v) is 3.75.